The van der Waals surface area contributed by atoms with Gasteiger partial charge >= 0.3 is 5.97 Å². The van der Waals surface area contributed by atoms with Crippen molar-refractivity contribution in [3.05, 3.63) is 0 Å². The van der Waals surface area contributed by atoms with Crippen molar-refractivity contribution in [2.24, 2.45) is 17.8 Å². The highest BCUT2D eigenvalue weighted by molar-refractivity contribution is 5.71. The third-order valence-electron chi connectivity index (χ3n) is 3.36. The molecule has 2 saturated carbocycles. The molecule has 2 aliphatic rings. The van der Waals surface area contributed by atoms with E-state index in [9.17, 15) is 9.90 Å². The summed E-state index contributed by atoms with van der Waals surface area (Å²) in [5.74, 6) is -0.324. The van der Waals surface area contributed by atoms with Crippen molar-refractivity contribution < 1.29 is 15.0 Å². The van der Waals surface area contributed by atoms with Gasteiger partial charge in [0.2, 0.25) is 0 Å². The highest BCUT2D eigenvalue weighted by atomic mass is 16.4. The van der Waals surface area contributed by atoms with Crippen molar-refractivity contribution in [3.63, 3.8) is 0 Å². The van der Waals surface area contributed by atoms with Gasteiger partial charge in [0.15, 0.2) is 0 Å². The maximum Gasteiger partial charge on any atom is 0.307 e. The number of rotatable bonds is 1. The smallest absolute Gasteiger partial charge is 0.307 e. The van der Waals surface area contributed by atoms with E-state index >= 15 is 0 Å². The van der Waals surface area contributed by atoms with Crippen LogP contribution in [0.25, 0.3) is 0 Å². The summed E-state index contributed by atoms with van der Waals surface area (Å²) in [7, 11) is 0. The van der Waals surface area contributed by atoms with Crippen LogP contribution in [0, 0.1) is 17.8 Å². The van der Waals surface area contributed by atoms with Crippen molar-refractivity contribution in [1.82, 2.24) is 0 Å². The SMILES string of the molecule is O=C(O)C1[C@@H]2CC[C@H]1CC(O)C2. The van der Waals surface area contributed by atoms with E-state index in [0.717, 1.165) is 12.8 Å². The van der Waals surface area contributed by atoms with Crippen LogP contribution in [0.15, 0.2) is 0 Å². The Bertz CT molecular complexity index is 188. The second-order valence-electron chi connectivity index (χ2n) is 4.09. The maximum absolute atomic E-state index is 10.8. The molecule has 2 fully saturated rings. The van der Waals surface area contributed by atoms with Crippen LogP contribution >= 0.6 is 0 Å². The summed E-state index contributed by atoms with van der Waals surface area (Å²) in [6, 6.07) is 0. The molecule has 2 bridgehead atoms. The highest BCUT2D eigenvalue weighted by Crippen LogP contribution is 2.46. The minimum Gasteiger partial charge on any atom is -0.481 e. The fourth-order valence-electron chi connectivity index (χ4n) is 2.90. The molecule has 4 atom stereocenters. The Morgan fingerprint density at radius 2 is 1.67 bits per heavy atom. The van der Waals surface area contributed by atoms with Crippen LogP contribution in [0.5, 0.6) is 0 Å². The number of carbonyl (C=O) groups is 1. The molecule has 0 radical (unpaired) electrons. The average Bonchev–Trinajstić information content (AvgIpc) is 2.24. The van der Waals surface area contributed by atoms with E-state index in [-0.39, 0.29) is 23.9 Å². The van der Waals surface area contributed by atoms with Gasteiger partial charge in [-0.05, 0) is 37.5 Å². The van der Waals surface area contributed by atoms with E-state index in [0.29, 0.717) is 12.8 Å². The summed E-state index contributed by atoms with van der Waals surface area (Å²) < 4.78 is 0. The lowest BCUT2D eigenvalue weighted by Crippen LogP contribution is -2.34. The average molecular weight is 170 g/mol. The zero-order valence-electron chi connectivity index (χ0n) is 6.94. The second kappa shape index (κ2) is 2.73. The topological polar surface area (TPSA) is 57.5 Å². The van der Waals surface area contributed by atoms with Gasteiger partial charge in [0.05, 0.1) is 12.0 Å². The lowest BCUT2D eigenvalue weighted by atomic mass is 9.77. The van der Waals surface area contributed by atoms with E-state index in [1.807, 2.05) is 0 Å². The number of hydrogen-bond acceptors (Lipinski definition) is 2. The molecule has 0 aromatic carbocycles. The number of fused-ring (bicyclic) bond motifs is 2. The molecular weight excluding hydrogens is 156 g/mol. The van der Waals surface area contributed by atoms with Crippen LogP contribution in [0.1, 0.15) is 25.7 Å². The number of aliphatic hydroxyl groups is 1. The van der Waals surface area contributed by atoms with Crippen LogP contribution in [-0.4, -0.2) is 22.3 Å². The molecule has 2 aliphatic carbocycles. The van der Waals surface area contributed by atoms with E-state index in [1.54, 1.807) is 0 Å². The van der Waals surface area contributed by atoms with Gasteiger partial charge in [-0.3, -0.25) is 4.79 Å². The van der Waals surface area contributed by atoms with Crippen molar-refractivity contribution in [2.75, 3.05) is 0 Å². The van der Waals surface area contributed by atoms with Crippen LogP contribution in [0.3, 0.4) is 0 Å². The standard InChI is InChI=1S/C9H14O3/c10-7-3-5-1-2-6(4-7)8(5)9(11)12/h5-8,10H,1-4H2,(H,11,12)/t5-,6+,7?,8?. The molecule has 2 N–H and O–H groups in total. The Balaban J connectivity index is 2.14. The number of aliphatic hydroxyl groups excluding tert-OH is 1. The van der Waals surface area contributed by atoms with Crippen LogP contribution in [0.4, 0.5) is 0 Å². The monoisotopic (exact) mass is 170 g/mol. The van der Waals surface area contributed by atoms with Gasteiger partial charge < -0.3 is 10.2 Å². The molecule has 2 unspecified atom stereocenters. The molecule has 68 valence electrons. The number of aliphatic carboxylic acids is 1. The normalized spacial score (nSPS) is 46.1. The van der Waals surface area contributed by atoms with Gasteiger partial charge in [-0.15, -0.1) is 0 Å². The highest BCUT2D eigenvalue weighted by Gasteiger charge is 2.45. The van der Waals surface area contributed by atoms with Gasteiger partial charge in [-0.1, -0.05) is 0 Å². The summed E-state index contributed by atoms with van der Waals surface area (Å²) in [6.45, 7) is 0. The second-order valence-corrected chi connectivity index (χ2v) is 4.09. The summed E-state index contributed by atoms with van der Waals surface area (Å²) in [5.41, 5.74) is 0. The molecule has 0 aromatic heterocycles. The zero-order chi connectivity index (χ0) is 8.72. The summed E-state index contributed by atoms with van der Waals surface area (Å²) in [6.07, 6.45) is 3.16. The number of hydrogen-bond donors (Lipinski definition) is 2. The van der Waals surface area contributed by atoms with Gasteiger partial charge in [0, 0.05) is 0 Å². The minimum atomic E-state index is -0.658. The Kier molecular flexibility index (Phi) is 1.83. The lowest BCUT2D eigenvalue weighted by Gasteiger charge is -2.29. The minimum absolute atomic E-state index is 0.159. The fourth-order valence-corrected chi connectivity index (χ4v) is 2.90. The first-order chi connectivity index (χ1) is 5.68. The Morgan fingerprint density at radius 3 is 2.08 bits per heavy atom. The molecule has 3 heteroatoms. The predicted molar refractivity (Wildman–Crippen MR) is 42.6 cm³/mol. The Labute approximate surface area is 71.4 Å². The first-order valence-electron chi connectivity index (χ1n) is 4.59. The first-order valence-corrected chi connectivity index (χ1v) is 4.59. The molecule has 0 heterocycles. The molecule has 3 nitrogen and oxygen atoms in total. The molecule has 0 spiro atoms. The van der Waals surface area contributed by atoms with Gasteiger partial charge in [0.1, 0.15) is 0 Å². The molecule has 0 amide bonds. The zero-order valence-corrected chi connectivity index (χ0v) is 6.94. The largest absolute Gasteiger partial charge is 0.481 e. The third kappa shape index (κ3) is 1.12. The molecule has 2 rings (SSSR count). The summed E-state index contributed by atoms with van der Waals surface area (Å²) in [5, 5.41) is 18.3. The van der Waals surface area contributed by atoms with E-state index in [2.05, 4.69) is 0 Å². The molecule has 0 aromatic rings. The maximum atomic E-state index is 10.8. The summed E-state index contributed by atoms with van der Waals surface area (Å²) in [4.78, 5) is 10.8. The van der Waals surface area contributed by atoms with Crippen molar-refractivity contribution in [2.45, 2.75) is 31.8 Å². The molecule has 0 aliphatic heterocycles. The lowest BCUT2D eigenvalue weighted by molar-refractivity contribution is -0.146. The Morgan fingerprint density at radius 1 is 1.17 bits per heavy atom. The van der Waals surface area contributed by atoms with Crippen molar-refractivity contribution in [1.29, 1.82) is 0 Å². The van der Waals surface area contributed by atoms with Gasteiger partial charge in [-0.2, -0.15) is 0 Å². The van der Waals surface area contributed by atoms with Crippen LogP contribution < -0.4 is 0 Å². The molecular formula is C9H14O3. The predicted octanol–water partition coefficient (Wildman–Crippen LogP) is 0.868. The van der Waals surface area contributed by atoms with E-state index in [1.165, 1.54) is 0 Å². The molecule has 12 heavy (non-hydrogen) atoms. The fraction of sp³-hybridized carbons (Fsp3) is 0.889. The molecule has 0 saturated heterocycles. The van der Waals surface area contributed by atoms with E-state index in [4.69, 9.17) is 5.11 Å². The van der Waals surface area contributed by atoms with Crippen molar-refractivity contribution in [3.8, 4) is 0 Å². The first kappa shape index (κ1) is 8.05. The van der Waals surface area contributed by atoms with Crippen LogP contribution in [0.2, 0.25) is 0 Å². The van der Waals surface area contributed by atoms with Gasteiger partial charge in [0.25, 0.3) is 0 Å². The van der Waals surface area contributed by atoms with Gasteiger partial charge in [-0.25, -0.2) is 0 Å². The quantitative estimate of drug-likeness (QED) is 0.614. The third-order valence-corrected chi connectivity index (χ3v) is 3.36. The number of carboxylic acids is 1. The Hall–Kier alpha value is -0.570. The summed E-state index contributed by atoms with van der Waals surface area (Å²) >= 11 is 0. The van der Waals surface area contributed by atoms with E-state index < -0.39 is 5.97 Å². The van der Waals surface area contributed by atoms with Crippen molar-refractivity contribution >= 4 is 5.97 Å². The van der Waals surface area contributed by atoms with Crippen LogP contribution in [-0.2, 0) is 4.79 Å². The number of carboxylic acid groups (broad SMARTS) is 1.